The number of nitrogens with one attached hydrogen (secondary N) is 1. The number of benzene rings is 3. The molecule has 0 spiro atoms. The van der Waals surface area contributed by atoms with Crippen molar-refractivity contribution in [3.05, 3.63) is 96.1 Å². The largest absolute Gasteiger partial charge is 0.355 e. The van der Waals surface area contributed by atoms with Crippen molar-refractivity contribution in [1.29, 1.82) is 0 Å². The third-order valence-corrected chi connectivity index (χ3v) is 10.2. The first-order valence-electron chi connectivity index (χ1n) is 9.44. The highest BCUT2D eigenvalue weighted by atomic mass is 28.3. The lowest BCUT2D eigenvalue weighted by atomic mass is 10.1. The molecule has 1 atom stereocenters. The molecule has 0 heterocycles. The van der Waals surface area contributed by atoms with Crippen LogP contribution < -0.4 is 15.7 Å². The van der Waals surface area contributed by atoms with Crippen molar-refractivity contribution in [2.45, 2.75) is 32.5 Å². The van der Waals surface area contributed by atoms with Crippen LogP contribution in [0.15, 0.2) is 84.9 Å². The van der Waals surface area contributed by atoms with E-state index >= 15 is 0 Å². The van der Waals surface area contributed by atoms with Crippen molar-refractivity contribution >= 4 is 24.4 Å². The van der Waals surface area contributed by atoms with Crippen LogP contribution in [0.2, 0.25) is 6.55 Å². The molecule has 3 aromatic carbocycles. The molecule has 0 aliphatic rings. The second kappa shape index (κ2) is 8.36. The summed E-state index contributed by atoms with van der Waals surface area (Å²) in [6, 6.07) is 30.0. The Hall–Kier alpha value is -2.65. The van der Waals surface area contributed by atoms with Gasteiger partial charge in [-0.15, -0.1) is 0 Å². The molecule has 3 rings (SSSR count). The van der Waals surface area contributed by atoms with Gasteiger partial charge in [0.25, 0.3) is 0 Å². The Morgan fingerprint density at radius 2 is 1.33 bits per heavy atom. The number of carbonyl (C=O) groups excluding carboxylic acids is 1. The van der Waals surface area contributed by atoms with Crippen molar-refractivity contribution in [3.8, 4) is 0 Å². The highest BCUT2D eigenvalue weighted by molar-refractivity contribution is 7.02. The first kappa shape index (κ1) is 19.1. The van der Waals surface area contributed by atoms with Crippen LogP contribution in [-0.2, 0) is 11.2 Å². The van der Waals surface area contributed by atoms with Gasteiger partial charge in [-0.1, -0.05) is 107 Å². The van der Waals surface area contributed by atoms with Gasteiger partial charge in [0.2, 0.25) is 5.91 Å². The van der Waals surface area contributed by atoms with Crippen molar-refractivity contribution in [2.24, 2.45) is 0 Å². The molecule has 1 amide bonds. The number of rotatable bonds is 6. The minimum absolute atomic E-state index is 0.0256. The SMILES string of the molecule is CC(=O)NC(Cc1ccc(C)cc1)[Si](C)(c1ccccc1)c1ccccc1. The molecule has 0 bridgehead atoms. The Balaban J connectivity index is 2.10. The van der Waals surface area contributed by atoms with E-state index in [0.29, 0.717) is 0 Å². The fraction of sp³-hybridized carbons (Fsp3) is 0.208. The Bertz CT molecular complexity index is 836. The summed E-state index contributed by atoms with van der Waals surface area (Å²) in [5.41, 5.74) is 2.58. The van der Waals surface area contributed by atoms with Gasteiger partial charge in [-0.2, -0.15) is 0 Å². The predicted octanol–water partition coefficient (Wildman–Crippen LogP) is 3.47. The number of carbonyl (C=O) groups is 1. The minimum Gasteiger partial charge on any atom is -0.355 e. The van der Waals surface area contributed by atoms with Gasteiger partial charge in [-0.25, -0.2) is 0 Å². The van der Waals surface area contributed by atoms with Crippen LogP contribution in [0, 0.1) is 6.92 Å². The van der Waals surface area contributed by atoms with Crippen LogP contribution in [0.5, 0.6) is 0 Å². The van der Waals surface area contributed by atoms with Crippen molar-refractivity contribution < 1.29 is 4.79 Å². The molecule has 1 unspecified atom stereocenters. The molecule has 0 aliphatic heterocycles. The van der Waals surface area contributed by atoms with Crippen LogP contribution in [0.3, 0.4) is 0 Å². The van der Waals surface area contributed by atoms with Gasteiger partial charge >= 0.3 is 0 Å². The summed E-state index contributed by atoms with van der Waals surface area (Å²) in [4.78, 5) is 12.1. The molecule has 0 aromatic heterocycles. The van der Waals surface area contributed by atoms with Crippen molar-refractivity contribution in [2.75, 3.05) is 0 Å². The van der Waals surface area contributed by atoms with Gasteiger partial charge in [0.1, 0.15) is 8.07 Å². The van der Waals surface area contributed by atoms with E-state index in [1.54, 1.807) is 6.92 Å². The fourth-order valence-electron chi connectivity index (χ4n) is 3.74. The quantitative estimate of drug-likeness (QED) is 0.659. The third-order valence-electron chi connectivity index (χ3n) is 5.38. The van der Waals surface area contributed by atoms with E-state index in [9.17, 15) is 4.79 Å². The zero-order valence-electron chi connectivity index (χ0n) is 16.3. The molecule has 1 N–H and O–H groups in total. The standard InChI is InChI=1S/C24H27NOSi/c1-19-14-16-21(17-15-19)18-24(25-20(2)26)27(3,22-10-6-4-7-11-22)23-12-8-5-9-13-23/h4-17,24H,18H2,1-3H3,(H,25,26). The van der Waals surface area contributed by atoms with E-state index in [0.717, 1.165) is 6.42 Å². The monoisotopic (exact) mass is 373 g/mol. The van der Waals surface area contributed by atoms with E-state index in [-0.39, 0.29) is 11.6 Å². The second-order valence-electron chi connectivity index (χ2n) is 7.38. The van der Waals surface area contributed by atoms with Crippen LogP contribution in [0.4, 0.5) is 0 Å². The normalized spacial score (nSPS) is 12.4. The Labute approximate surface area is 163 Å². The van der Waals surface area contributed by atoms with Crippen LogP contribution in [0.1, 0.15) is 18.1 Å². The molecule has 0 saturated carbocycles. The smallest absolute Gasteiger partial charge is 0.216 e. The number of hydrogen-bond donors (Lipinski definition) is 1. The van der Waals surface area contributed by atoms with E-state index in [1.807, 2.05) is 0 Å². The minimum atomic E-state index is -2.22. The van der Waals surface area contributed by atoms with E-state index in [2.05, 4.69) is 104 Å². The predicted molar refractivity (Wildman–Crippen MR) is 116 cm³/mol. The van der Waals surface area contributed by atoms with Gasteiger partial charge in [0, 0.05) is 12.6 Å². The highest BCUT2D eigenvalue weighted by Gasteiger charge is 2.40. The second-order valence-corrected chi connectivity index (χ2v) is 11.6. The number of aryl methyl sites for hydroxylation is 1. The number of hydrogen-bond acceptors (Lipinski definition) is 1. The van der Waals surface area contributed by atoms with E-state index in [4.69, 9.17) is 0 Å². The van der Waals surface area contributed by atoms with E-state index in [1.165, 1.54) is 21.5 Å². The van der Waals surface area contributed by atoms with Gasteiger partial charge in [0.15, 0.2) is 0 Å². The van der Waals surface area contributed by atoms with Gasteiger partial charge in [0.05, 0.1) is 0 Å². The average Bonchev–Trinajstić information content (AvgIpc) is 2.69. The molecule has 0 radical (unpaired) electrons. The van der Waals surface area contributed by atoms with Crippen LogP contribution in [-0.4, -0.2) is 19.6 Å². The molecule has 138 valence electrons. The summed E-state index contributed by atoms with van der Waals surface area (Å²) in [6.45, 7) is 6.08. The van der Waals surface area contributed by atoms with Crippen LogP contribution >= 0.6 is 0 Å². The lowest BCUT2D eigenvalue weighted by molar-refractivity contribution is -0.119. The zero-order chi connectivity index (χ0) is 19.3. The van der Waals surface area contributed by atoms with Gasteiger partial charge in [-0.05, 0) is 18.9 Å². The van der Waals surface area contributed by atoms with Crippen molar-refractivity contribution in [1.82, 2.24) is 5.32 Å². The van der Waals surface area contributed by atoms with Crippen LogP contribution in [0.25, 0.3) is 0 Å². The lowest BCUT2D eigenvalue weighted by Crippen LogP contribution is -2.69. The molecule has 0 aliphatic carbocycles. The summed E-state index contributed by atoms with van der Waals surface area (Å²) in [7, 11) is -2.22. The highest BCUT2D eigenvalue weighted by Crippen LogP contribution is 2.16. The first-order chi connectivity index (χ1) is 13.0. The third kappa shape index (κ3) is 4.37. The molecule has 3 aromatic rings. The summed E-state index contributed by atoms with van der Waals surface area (Å²) in [5, 5.41) is 5.97. The summed E-state index contributed by atoms with van der Waals surface area (Å²) < 4.78 is 0. The summed E-state index contributed by atoms with van der Waals surface area (Å²) >= 11 is 0. The summed E-state index contributed by atoms with van der Waals surface area (Å²) in [5.74, 6) is 0.0256. The maximum absolute atomic E-state index is 12.1. The number of amides is 1. The topological polar surface area (TPSA) is 29.1 Å². The van der Waals surface area contributed by atoms with Gasteiger partial charge < -0.3 is 5.32 Å². The lowest BCUT2D eigenvalue weighted by Gasteiger charge is -2.37. The molecule has 3 heteroatoms. The zero-order valence-corrected chi connectivity index (χ0v) is 17.3. The molecule has 0 fully saturated rings. The summed E-state index contributed by atoms with van der Waals surface area (Å²) in [6.07, 6.45) is 0.826. The maximum Gasteiger partial charge on any atom is 0.216 e. The Kier molecular flexibility index (Phi) is 5.92. The molecular weight excluding hydrogens is 346 g/mol. The van der Waals surface area contributed by atoms with E-state index < -0.39 is 8.07 Å². The first-order valence-corrected chi connectivity index (χ1v) is 12.0. The maximum atomic E-state index is 12.1. The fourth-order valence-corrected chi connectivity index (χ4v) is 7.79. The molecule has 27 heavy (non-hydrogen) atoms. The Morgan fingerprint density at radius 1 is 0.852 bits per heavy atom. The molecule has 2 nitrogen and oxygen atoms in total. The van der Waals surface area contributed by atoms with Crippen molar-refractivity contribution in [3.63, 3.8) is 0 Å². The molecular formula is C24H27NOSi. The molecule has 0 saturated heterocycles. The van der Waals surface area contributed by atoms with Gasteiger partial charge in [-0.3, -0.25) is 4.79 Å². The average molecular weight is 374 g/mol. The Morgan fingerprint density at radius 3 is 1.78 bits per heavy atom.